The van der Waals surface area contributed by atoms with E-state index in [0.717, 1.165) is 5.02 Å². The van der Waals surface area contributed by atoms with Crippen LogP contribution in [0.5, 0.6) is 0 Å². The molecule has 1 nitrogen and oxygen atoms in total. The first-order chi connectivity index (χ1) is 8.53. The molecule has 1 fully saturated rings. The van der Waals surface area contributed by atoms with E-state index in [1.807, 2.05) is 23.9 Å². The molecule has 0 saturated heterocycles. The molecule has 0 spiro atoms. The molecule has 1 aliphatic carbocycles. The van der Waals surface area contributed by atoms with Crippen LogP contribution in [0, 0.1) is 5.41 Å². The van der Waals surface area contributed by atoms with E-state index in [-0.39, 0.29) is 0 Å². The molecule has 0 heterocycles. The lowest BCUT2D eigenvalue weighted by atomic mass is 9.73. The molecule has 1 aromatic carbocycles. The van der Waals surface area contributed by atoms with E-state index in [9.17, 15) is 0 Å². The van der Waals surface area contributed by atoms with Crippen molar-refractivity contribution in [2.75, 3.05) is 7.05 Å². The molecule has 2 atom stereocenters. The van der Waals surface area contributed by atoms with Gasteiger partial charge >= 0.3 is 0 Å². The standard InChI is InChI=1S/C15H22ClNS/c1-15(2)10-4-5-13(14(15)17-3)18-12-8-6-11(16)7-9-12/h6-9,13-14,17H,4-5,10H2,1-3H3. The van der Waals surface area contributed by atoms with Gasteiger partial charge in [0.25, 0.3) is 0 Å². The van der Waals surface area contributed by atoms with E-state index in [1.54, 1.807) is 0 Å². The van der Waals surface area contributed by atoms with Crippen LogP contribution in [-0.2, 0) is 0 Å². The molecule has 1 aliphatic rings. The molecule has 100 valence electrons. The molecule has 0 amide bonds. The first kappa shape index (κ1) is 14.2. The monoisotopic (exact) mass is 283 g/mol. The van der Waals surface area contributed by atoms with Crippen molar-refractivity contribution in [1.82, 2.24) is 5.32 Å². The molecular formula is C15H22ClNS. The summed E-state index contributed by atoms with van der Waals surface area (Å²) in [6.45, 7) is 4.76. The highest BCUT2D eigenvalue weighted by atomic mass is 35.5. The Balaban J connectivity index is 2.09. The SMILES string of the molecule is CNC1C(Sc2ccc(Cl)cc2)CCCC1(C)C. The van der Waals surface area contributed by atoms with Crippen molar-refractivity contribution < 1.29 is 0 Å². The Labute approximate surface area is 120 Å². The average molecular weight is 284 g/mol. The van der Waals surface area contributed by atoms with Gasteiger partial charge in [-0.1, -0.05) is 31.9 Å². The van der Waals surface area contributed by atoms with Gasteiger partial charge in [0.15, 0.2) is 0 Å². The molecule has 18 heavy (non-hydrogen) atoms. The molecule has 1 aromatic rings. The second-order valence-corrected chi connectivity index (χ2v) is 7.51. The largest absolute Gasteiger partial charge is 0.315 e. The summed E-state index contributed by atoms with van der Waals surface area (Å²) in [4.78, 5) is 1.32. The van der Waals surface area contributed by atoms with Gasteiger partial charge < -0.3 is 5.32 Å². The van der Waals surface area contributed by atoms with Gasteiger partial charge in [-0.05, 0) is 49.6 Å². The summed E-state index contributed by atoms with van der Waals surface area (Å²) in [6.07, 6.45) is 3.94. The lowest BCUT2D eigenvalue weighted by Crippen LogP contribution is -2.49. The van der Waals surface area contributed by atoms with Crippen LogP contribution in [-0.4, -0.2) is 18.3 Å². The molecule has 2 unspecified atom stereocenters. The fourth-order valence-electron chi connectivity index (χ4n) is 2.98. The summed E-state index contributed by atoms with van der Waals surface area (Å²) in [7, 11) is 2.09. The van der Waals surface area contributed by atoms with Gasteiger partial charge in [-0.2, -0.15) is 0 Å². The number of nitrogens with one attached hydrogen (secondary N) is 1. The quantitative estimate of drug-likeness (QED) is 0.870. The molecule has 3 heteroatoms. The third kappa shape index (κ3) is 3.23. The number of hydrogen-bond acceptors (Lipinski definition) is 2. The van der Waals surface area contributed by atoms with Crippen molar-refractivity contribution in [3.05, 3.63) is 29.3 Å². The summed E-state index contributed by atoms with van der Waals surface area (Å²) in [5.74, 6) is 0. The predicted molar refractivity (Wildman–Crippen MR) is 81.6 cm³/mol. The highest BCUT2D eigenvalue weighted by molar-refractivity contribution is 8.00. The van der Waals surface area contributed by atoms with Gasteiger partial charge in [0.2, 0.25) is 0 Å². The van der Waals surface area contributed by atoms with Gasteiger partial charge in [0.05, 0.1) is 0 Å². The smallest absolute Gasteiger partial charge is 0.0406 e. The van der Waals surface area contributed by atoms with Crippen molar-refractivity contribution >= 4 is 23.4 Å². The number of benzene rings is 1. The Hall–Kier alpha value is -0.180. The number of rotatable bonds is 3. The Bertz CT molecular complexity index is 388. The minimum Gasteiger partial charge on any atom is -0.315 e. The Kier molecular flexibility index (Phi) is 4.63. The minimum atomic E-state index is 0.386. The fraction of sp³-hybridized carbons (Fsp3) is 0.600. The summed E-state index contributed by atoms with van der Waals surface area (Å²) in [6, 6.07) is 8.79. The summed E-state index contributed by atoms with van der Waals surface area (Å²) >= 11 is 7.92. The van der Waals surface area contributed by atoms with E-state index in [2.05, 4.69) is 38.3 Å². The molecule has 0 aromatic heterocycles. The lowest BCUT2D eigenvalue weighted by Gasteiger charge is -2.43. The third-order valence-corrected chi connectivity index (χ3v) is 5.54. The molecular weight excluding hydrogens is 262 g/mol. The fourth-order valence-corrected chi connectivity index (χ4v) is 4.67. The predicted octanol–water partition coefficient (Wildman–Crippen LogP) is 4.60. The maximum absolute atomic E-state index is 5.93. The van der Waals surface area contributed by atoms with Crippen LogP contribution in [0.25, 0.3) is 0 Å². The van der Waals surface area contributed by atoms with E-state index in [1.165, 1.54) is 24.2 Å². The second kappa shape index (κ2) is 5.85. The normalized spacial score (nSPS) is 27.1. The van der Waals surface area contributed by atoms with E-state index < -0.39 is 0 Å². The lowest BCUT2D eigenvalue weighted by molar-refractivity contribution is 0.182. The maximum Gasteiger partial charge on any atom is 0.0406 e. The van der Waals surface area contributed by atoms with Crippen LogP contribution in [0.3, 0.4) is 0 Å². The average Bonchev–Trinajstić information content (AvgIpc) is 2.31. The first-order valence-electron chi connectivity index (χ1n) is 6.62. The number of halogens is 1. The van der Waals surface area contributed by atoms with Gasteiger partial charge in [-0.25, -0.2) is 0 Å². The topological polar surface area (TPSA) is 12.0 Å². The molecule has 0 bridgehead atoms. The van der Waals surface area contributed by atoms with Crippen molar-refractivity contribution in [2.24, 2.45) is 5.41 Å². The number of hydrogen-bond donors (Lipinski definition) is 1. The molecule has 1 N–H and O–H groups in total. The first-order valence-corrected chi connectivity index (χ1v) is 7.88. The van der Waals surface area contributed by atoms with Gasteiger partial charge in [-0.3, -0.25) is 0 Å². The third-order valence-electron chi connectivity index (χ3n) is 3.94. The molecule has 2 rings (SSSR count). The maximum atomic E-state index is 5.93. The van der Waals surface area contributed by atoms with Crippen LogP contribution in [0.2, 0.25) is 5.02 Å². The highest BCUT2D eigenvalue weighted by Gasteiger charge is 2.38. The zero-order chi connectivity index (χ0) is 13.2. The zero-order valence-corrected chi connectivity index (χ0v) is 12.9. The van der Waals surface area contributed by atoms with E-state index in [4.69, 9.17) is 11.6 Å². The van der Waals surface area contributed by atoms with Crippen LogP contribution in [0.1, 0.15) is 33.1 Å². The Morgan fingerprint density at radius 1 is 1.28 bits per heavy atom. The minimum absolute atomic E-state index is 0.386. The van der Waals surface area contributed by atoms with Crippen LogP contribution in [0.4, 0.5) is 0 Å². The van der Waals surface area contributed by atoms with Gasteiger partial charge in [0.1, 0.15) is 0 Å². The summed E-state index contributed by atoms with van der Waals surface area (Å²) in [5, 5.41) is 5.00. The summed E-state index contributed by atoms with van der Waals surface area (Å²) < 4.78 is 0. The molecule has 0 radical (unpaired) electrons. The second-order valence-electron chi connectivity index (χ2n) is 5.76. The Morgan fingerprint density at radius 3 is 2.56 bits per heavy atom. The van der Waals surface area contributed by atoms with Crippen LogP contribution >= 0.6 is 23.4 Å². The van der Waals surface area contributed by atoms with E-state index in [0.29, 0.717) is 16.7 Å². The van der Waals surface area contributed by atoms with Crippen LogP contribution in [0.15, 0.2) is 29.2 Å². The molecule has 1 saturated carbocycles. The van der Waals surface area contributed by atoms with Crippen LogP contribution < -0.4 is 5.32 Å². The zero-order valence-electron chi connectivity index (χ0n) is 11.4. The number of thioether (sulfide) groups is 1. The molecule has 0 aliphatic heterocycles. The van der Waals surface area contributed by atoms with Crippen molar-refractivity contribution in [3.63, 3.8) is 0 Å². The Morgan fingerprint density at radius 2 is 1.94 bits per heavy atom. The van der Waals surface area contributed by atoms with Gasteiger partial charge in [0, 0.05) is 21.2 Å². The van der Waals surface area contributed by atoms with E-state index >= 15 is 0 Å². The van der Waals surface area contributed by atoms with Gasteiger partial charge in [-0.15, -0.1) is 11.8 Å². The summed E-state index contributed by atoms with van der Waals surface area (Å²) in [5.41, 5.74) is 0.386. The van der Waals surface area contributed by atoms with Crippen molar-refractivity contribution in [2.45, 2.75) is 49.3 Å². The van der Waals surface area contributed by atoms with Crippen molar-refractivity contribution in [3.8, 4) is 0 Å². The highest BCUT2D eigenvalue weighted by Crippen LogP contribution is 2.42. The van der Waals surface area contributed by atoms with Crippen molar-refractivity contribution in [1.29, 1.82) is 0 Å².